The summed E-state index contributed by atoms with van der Waals surface area (Å²) in [5.74, 6) is -2.58. The van der Waals surface area contributed by atoms with Gasteiger partial charge in [0, 0.05) is 25.7 Å². The zero-order chi connectivity index (χ0) is 34.7. The molecule has 0 aliphatic carbocycles. The Morgan fingerprint density at radius 1 is 1.00 bits per heavy atom. The molecule has 0 spiro atoms. The number of nitrogens with one attached hydrogen (secondary N) is 3. The molecule has 3 atom stereocenters. The van der Waals surface area contributed by atoms with E-state index in [1.807, 2.05) is 13.8 Å². The van der Waals surface area contributed by atoms with Crippen LogP contribution in [0.5, 0.6) is 0 Å². The summed E-state index contributed by atoms with van der Waals surface area (Å²) in [6.07, 6.45) is 4.79. The van der Waals surface area contributed by atoms with Crippen molar-refractivity contribution in [1.82, 2.24) is 36.0 Å². The quantitative estimate of drug-likeness (QED) is 0.145. The standard InChI is InChI=1S/C33H49N7O7/c1-20(2)25(27(43)30-38-39-32(47-30)33(5,6)19-41)37-29(45)23-14-12-18-40(23)31(46)26(21(3)4)36-24(42)15-8-7-10-17-35-28(44)22-13-9-11-16-34-22/h9,11,13,16,20-21,23,25-26,41H,7-8,10,12,14-15,17-19H2,1-6H3,(H,35,44)(H,36,42)(H,37,45)/t23-,25?,26?/m0/s1. The van der Waals surface area contributed by atoms with Crippen LogP contribution in [-0.2, 0) is 19.8 Å². The maximum absolute atomic E-state index is 13.7. The highest BCUT2D eigenvalue weighted by atomic mass is 16.4. The molecule has 14 nitrogen and oxygen atoms in total. The highest BCUT2D eigenvalue weighted by Crippen LogP contribution is 2.24. The summed E-state index contributed by atoms with van der Waals surface area (Å²) in [7, 11) is 0. The second-order valence-corrected chi connectivity index (χ2v) is 13.3. The maximum Gasteiger partial charge on any atom is 0.286 e. The number of Topliss-reactive ketones (excluding diaryl/α,β-unsaturated/α-hetero) is 1. The number of nitrogens with zero attached hydrogens (tertiary/aromatic N) is 4. The number of hydrogen-bond acceptors (Lipinski definition) is 10. The normalized spacial score (nSPS) is 16.2. The maximum atomic E-state index is 13.7. The Bertz CT molecular complexity index is 1380. The number of amides is 4. The summed E-state index contributed by atoms with van der Waals surface area (Å²) < 4.78 is 5.56. The van der Waals surface area contributed by atoms with Crippen LogP contribution in [-0.4, -0.2) is 92.4 Å². The van der Waals surface area contributed by atoms with Crippen molar-refractivity contribution in [2.75, 3.05) is 19.7 Å². The topological polar surface area (TPSA) is 197 Å². The number of aromatic nitrogens is 3. The van der Waals surface area contributed by atoms with Crippen molar-refractivity contribution in [3.05, 3.63) is 41.9 Å². The average molecular weight is 656 g/mol. The first-order chi connectivity index (χ1) is 22.3. The van der Waals surface area contributed by atoms with Crippen molar-refractivity contribution in [2.45, 2.75) is 104 Å². The lowest BCUT2D eigenvalue weighted by Gasteiger charge is -2.31. The van der Waals surface area contributed by atoms with E-state index in [1.54, 1.807) is 52.1 Å². The molecule has 0 bridgehead atoms. The van der Waals surface area contributed by atoms with Gasteiger partial charge in [-0.05, 0) is 63.5 Å². The summed E-state index contributed by atoms with van der Waals surface area (Å²) in [6.45, 7) is 11.2. The molecule has 4 amide bonds. The molecule has 2 aromatic heterocycles. The molecular weight excluding hydrogens is 606 g/mol. The lowest BCUT2D eigenvalue weighted by atomic mass is 9.95. The third-order valence-corrected chi connectivity index (χ3v) is 8.21. The van der Waals surface area contributed by atoms with Gasteiger partial charge in [-0.3, -0.25) is 29.0 Å². The number of carbonyl (C=O) groups is 5. The van der Waals surface area contributed by atoms with Crippen LogP contribution in [0.2, 0.25) is 0 Å². The van der Waals surface area contributed by atoms with E-state index in [1.165, 1.54) is 4.90 Å². The van der Waals surface area contributed by atoms with Crippen molar-refractivity contribution in [3.63, 3.8) is 0 Å². The first kappa shape index (κ1) is 37.3. The minimum atomic E-state index is -0.977. The van der Waals surface area contributed by atoms with Gasteiger partial charge in [0.1, 0.15) is 17.8 Å². The molecule has 47 heavy (non-hydrogen) atoms. The number of rotatable bonds is 17. The van der Waals surface area contributed by atoms with Crippen LogP contribution in [0.3, 0.4) is 0 Å². The molecule has 0 saturated carbocycles. The third kappa shape index (κ3) is 10.1. The predicted molar refractivity (Wildman–Crippen MR) is 172 cm³/mol. The van der Waals surface area contributed by atoms with Crippen LogP contribution < -0.4 is 16.0 Å². The molecule has 0 radical (unpaired) electrons. The van der Waals surface area contributed by atoms with Crippen LogP contribution in [0.4, 0.5) is 0 Å². The number of likely N-dealkylation sites (tertiary alicyclic amines) is 1. The number of carbonyl (C=O) groups excluding carboxylic acids is 5. The van der Waals surface area contributed by atoms with Gasteiger partial charge in [0.2, 0.25) is 29.4 Å². The SMILES string of the molecule is CC(C)C(NC(=O)[C@@H]1CCCN1C(=O)C(NC(=O)CCCCCNC(=O)c1ccccn1)C(C)C)C(=O)c1nnc(C(C)(C)CO)o1. The summed E-state index contributed by atoms with van der Waals surface area (Å²) in [5.41, 5.74) is -0.488. The fourth-order valence-electron chi connectivity index (χ4n) is 5.20. The third-order valence-electron chi connectivity index (χ3n) is 8.21. The van der Waals surface area contributed by atoms with Gasteiger partial charge in [-0.1, -0.05) is 40.2 Å². The zero-order valence-corrected chi connectivity index (χ0v) is 28.2. The van der Waals surface area contributed by atoms with E-state index < -0.39 is 35.2 Å². The summed E-state index contributed by atoms with van der Waals surface area (Å²) in [4.78, 5) is 70.9. The second kappa shape index (κ2) is 17.1. The molecule has 14 heteroatoms. The van der Waals surface area contributed by atoms with Gasteiger partial charge in [-0.25, -0.2) is 0 Å². The van der Waals surface area contributed by atoms with Crippen LogP contribution in [0.1, 0.15) is 107 Å². The fraction of sp³-hybridized carbons (Fsp3) is 0.636. The van der Waals surface area contributed by atoms with Gasteiger partial charge in [0.15, 0.2) is 0 Å². The van der Waals surface area contributed by atoms with Gasteiger partial charge in [-0.15, -0.1) is 10.2 Å². The largest absolute Gasteiger partial charge is 0.418 e. The van der Waals surface area contributed by atoms with E-state index in [2.05, 4.69) is 31.1 Å². The molecule has 1 aliphatic rings. The van der Waals surface area contributed by atoms with E-state index >= 15 is 0 Å². The number of unbranched alkanes of at least 4 members (excludes halogenated alkanes) is 2. The second-order valence-electron chi connectivity index (χ2n) is 13.3. The van der Waals surface area contributed by atoms with Crippen LogP contribution in [0.25, 0.3) is 0 Å². The van der Waals surface area contributed by atoms with Gasteiger partial charge in [-0.2, -0.15) is 0 Å². The summed E-state index contributed by atoms with van der Waals surface area (Å²) in [5, 5.41) is 25.8. The molecule has 2 aromatic rings. The van der Waals surface area contributed by atoms with Crippen LogP contribution >= 0.6 is 0 Å². The van der Waals surface area contributed by atoms with E-state index in [-0.39, 0.29) is 54.4 Å². The molecule has 258 valence electrons. The molecule has 1 saturated heterocycles. The van der Waals surface area contributed by atoms with Crippen molar-refractivity contribution >= 4 is 29.4 Å². The Morgan fingerprint density at radius 2 is 1.72 bits per heavy atom. The lowest BCUT2D eigenvalue weighted by molar-refractivity contribution is -0.142. The fourth-order valence-corrected chi connectivity index (χ4v) is 5.20. The number of aliphatic hydroxyl groups is 1. The molecule has 4 N–H and O–H groups in total. The van der Waals surface area contributed by atoms with Crippen LogP contribution in [0.15, 0.2) is 28.8 Å². The Labute approximate surface area is 275 Å². The van der Waals surface area contributed by atoms with Crippen molar-refractivity contribution in [2.24, 2.45) is 11.8 Å². The minimum Gasteiger partial charge on any atom is -0.418 e. The molecule has 2 unspecified atom stereocenters. The number of aliphatic hydroxyl groups excluding tert-OH is 1. The first-order valence-electron chi connectivity index (χ1n) is 16.3. The summed E-state index contributed by atoms with van der Waals surface area (Å²) >= 11 is 0. The number of hydrogen-bond donors (Lipinski definition) is 4. The zero-order valence-electron chi connectivity index (χ0n) is 28.2. The Hall–Kier alpha value is -4.20. The molecular formula is C33H49N7O7. The molecule has 3 rings (SSSR count). The molecule has 1 fully saturated rings. The molecule has 3 heterocycles. The summed E-state index contributed by atoms with van der Waals surface area (Å²) in [6, 6.07) is 2.53. The van der Waals surface area contributed by atoms with E-state index in [4.69, 9.17) is 4.42 Å². The number of pyridine rings is 1. The van der Waals surface area contributed by atoms with Gasteiger partial charge in [0.05, 0.1) is 18.1 Å². The Morgan fingerprint density at radius 3 is 2.36 bits per heavy atom. The van der Waals surface area contributed by atoms with Gasteiger partial charge in [0.25, 0.3) is 11.8 Å². The number of ketones is 1. The minimum absolute atomic E-state index is 0.108. The van der Waals surface area contributed by atoms with Crippen LogP contribution in [0, 0.1) is 11.8 Å². The van der Waals surface area contributed by atoms with Crippen molar-refractivity contribution in [1.29, 1.82) is 0 Å². The van der Waals surface area contributed by atoms with Gasteiger partial charge < -0.3 is 30.4 Å². The first-order valence-corrected chi connectivity index (χ1v) is 16.3. The van der Waals surface area contributed by atoms with Crippen molar-refractivity contribution < 1.29 is 33.5 Å². The highest BCUT2D eigenvalue weighted by Gasteiger charge is 2.41. The Balaban J connectivity index is 1.53. The molecule has 0 aromatic carbocycles. The Kier molecular flexibility index (Phi) is 13.6. The average Bonchev–Trinajstić information content (AvgIpc) is 3.75. The van der Waals surface area contributed by atoms with Crippen molar-refractivity contribution in [3.8, 4) is 0 Å². The lowest BCUT2D eigenvalue weighted by Crippen LogP contribution is -2.57. The predicted octanol–water partition coefficient (Wildman–Crippen LogP) is 2.18. The monoisotopic (exact) mass is 655 g/mol. The highest BCUT2D eigenvalue weighted by molar-refractivity contribution is 6.00. The van der Waals surface area contributed by atoms with E-state index in [0.29, 0.717) is 50.9 Å². The molecule has 1 aliphatic heterocycles. The van der Waals surface area contributed by atoms with E-state index in [0.717, 1.165) is 0 Å². The van der Waals surface area contributed by atoms with E-state index in [9.17, 15) is 29.1 Å². The smallest absolute Gasteiger partial charge is 0.286 e. The van der Waals surface area contributed by atoms with Gasteiger partial charge >= 0.3 is 0 Å².